The Morgan fingerprint density at radius 1 is 1.03 bits per heavy atom. The highest BCUT2D eigenvalue weighted by Gasteiger charge is 2.42. The third-order valence-corrected chi connectivity index (χ3v) is 5.15. The summed E-state index contributed by atoms with van der Waals surface area (Å²) < 4.78 is 24.8. The molecule has 1 aromatic carbocycles. The number of ether oxygens (including phenoxy) is 2. The lowest BCUT2D eigenvalue weighted by Crippen LogP contribution is -2.04. The number of nitrogens with zero attached hydrogens (tertiary/aromatic N) is 4. The van der Waals surface area contributed by atoms with Crippen molar-refractivity contribution in [3.8, 4) is 17.4 Å². The summed E-state index contributed by atoms with van der Waals surface area (Å²) in [7, 11) is 1.64. The average Bonchev–Trinajstić information content (AvgIpc) is 3.55. The van der Waals surface area contributed by atoms with Crippen LogP contribution in [0.25, 0.3) is 11.6 Å². The zero-order chi connectivity index (χ0) is 20.2. The lowest BCUT2D eigenvalue weighted by molar-refractivity contribution is 0.171. The maximum absolute atomic E-state index is 14.0. The Labute approximate surface area is 173 Å². The van der Waals surface area contributed by atoms with E-state index in [0.29, 0.717) is 30.6 Å². The zero-order valence-corrected chi connectivity index (χ0v) is 16.6. The van der Waals surface area contributed by atoms with Gasteiger partial charge in [-0.25, -0.2) is 24.3 Å². The molecule has 29 heavy (non-hydrogen) atoms. The monoisotopic (exact) mass is 414 g/mol. The first-order chi connectivity index (χ1) is 14.2. The fourth-order valence-corrected chi connectivity index (χ4v) is 3.48. The van der Waals surface area contributed by atoms with Crippen molar-refractivity contribution in [3.05, 3.63) is 65.0 Å². The Kier molecular flexibility index (Phi) is 5.97. The zero-order valence-electron chi connectivity index (χ0n) is 15.9. The van der Waals surface area contributed by atoms with Crippen molar-refractivity contribution in [2.45, 2.75) is 24.7 Å². The Morgan fingerprint density at radius 2 is 1.76 bits per heavy atom. The van der Waals surface area contributed by atoms with Gasteiger partial charge in [0.2, 0.25) is 0 Å². The second kappa shape index (κ2) is 8.80. The lowest BCUT2D eigenvalue weighted by Gasteiger charge is -2.13. The van der Waals surface area contributed by atoms with Crippen molar-refractivity contribution >= 4 is 11.6 Å². The first kappa shape index (κ1) is 19.7. The third kappa shape index (κ3) is 4.52. The van der Waals surface area contributed by atoms with Gasteiger partial charge in [0.25, 0.3) is 0 Å². The van der Waals surface area contributed by atoms with Crippen LogP contribution in [0.5, 0.6) is 5.75 Å². The van der Waals surface area contributed by atoms with Crippen LogP contribution in [0.2, 0.25) is 5.02 Å². The molecular formula is C21H20ClFN4O2. The molecule has 0 aliphatic heterocycles. The second-order valence-electron chi connectivity index (χ2n) is 6.86. The summed E-state index contributed by atoms with van der Waals surface area (Å²) in [6, 6.07) is 4.78. The summed E-state index contributed by atoms with van der Waals surface area (Å²) >= 11 is 6.03. The van der Waals surface area contributed by atoms with Gasteiger partial charge in [-0.2, -0.15) is 0 Å². The highest BCUT2D eigenvalue weighted by atomic mass is 35.5. The van der Waals surface area contributed by atoms with Crippen molar-refractivity contribution < 1.29 is 13.9 Å². The van der Waals surface area contributed by atoms with E-state index in [1.807, 2.05) is 0 Å². The van der Waals surface area contributed by atoms with Gasteiger partial charge in [0.15, 0.2) is 11.6 Å². The van der Waals surface area contributed by atoms with Crippen LogP contribution in [0.4, 0.5) is 4.39 Å². The predicted molar refractivity (Wildman–Crippen MR) is 107 cm³/mol. The minimum atomic E-state index is -0.482. The number of benzene rings is 1. The van der Waals surface area contributed by atoms with Crippen LogP contribution in [0.15, 0.2) is 43.0 Å². The first-order valence-corrected chi connectivity index (χ1v) is 9.75. The maximum Gasteiger partial charge on any atom is 0.197 e. The molecule has 2 aromatic heterocycles. The van der Waals surface area contributed by atoms with E-state index in [1.54, 1.807) is 44.0 Å². The van der Waals surface area contributed by atoms with E-state index >= 15 is 0 Å². The summed E-state index contributed by atoms with van der Waals surface area (Å²) in [5.41, 5.74) is 1.93. The minimum absolute atomic E-state index is 0.0997. The quantitative estimate of drug-likeness (QED) is 0.508. The van der Waals surface area contributed by atoms with E-state index < -0.39 is 5.82 Å². The molecule has 0 radical (unpaired) electrons. The van der Waals surface area contributed by atoms with E-state index in [0.717, 1.165) is 24.0 Å². The molecule has 0 bridgehead atoms. The predicted octanol–water partition coefficient (Wildman–Crippen LogP) is 4.41. The number of rotatable bonds is 8. The van der Waals surface area contributed by atoms with Crippen molar-refractivity contribution in [1.29, 1.82) is 0 Å². The van der Waals surface area contributed by atoms with Crippen LogP contribution in [0, 0.1) is 5.82 Å². The molecular weight excluding hydrogens is 395 g/mol. The largest absolute Gasteiger partial charge is 0.493 e. The highest BCUT2D eigenvalue weighted by molar-refractivity contribution is 6.30. The van der Waals surface area contributed by atoms with Crippen LogP contribution in [0.1, 0.15) is 35.8 Å². The molecule has 0 saturated heterocycles. The molecule has 0 N–H and O–H groups in total. The topological polar surface area (TPSA) is 70.0 Å². The molecule has 1 fully saturated rings. The summed E-state index contributed by atoms with van der Waals surface area (Å²) in [5.74, 6) is 1.45. The summed E-state index contributed by atoms with van der Waals surface area (Å²) in [6.07, 6.45) is 8.54. The van der Waals surface area contributed by atoms with Gasteiger partial charge < -0.3 is 9.47 Å². The molecule has 150 valence electrons. The number of hydrogen-bond donors (Lipinski definition) is 0. The molecule has 0 unspecified atom stereocenters. The first-order valence-electron chi connectivity index (χ1n) is 9.37. The number of halogens is 2. The maximum atomic E-state index is 14.0. The molecule has 8 heteroatoms. The third-order valence-electron chi connectivity index (χ3n) is 4.86. The fourth-order valence-electron chi connectivity index (χ4n) is 3.31. The van der Waals surface area contributed by atoms with Crippen LogP contribution < -0.4 is 4.74 Å². The molecule has 6 nitrogen and oxygen atoms in total. The van der Waals surface area contributed by atoms with E-state index in [-0.39, 0.29) is 16.9 Å². The molecule has 1 aliphatic rings. The van der Waals surface area contributed by atoms with Crippen LogP contribution in [0.3, 0.4) is 0 Å². The van der Waals surface area contributed by atoms with Gasteiger partial charge in [-0.15, -0.1) is 0 Å². The number of methoxy groups -OCH3 is 1. The lowest BCUT2D eigenvalue weighted by atomic mass is 10.1. The van der Waals surface area contributed by atoms with Crippen molar-refractivity contribution in [3.63, 3.8) is 0 Å². The smallest absolute Gasteiger partial charge is 0.197 e. The normalized spacial score (nSPS) is 17.9. The minimum Gasteiger partial charge on any atom is -0.493 e. The van der Waals surface area contributed by atoms with Gasteiger partial charge in [-0.1, -0.05) is 11.6 Å². The average molecular weight is 415 g/mol. The Balaban J connectivity index is 1.50. The van der Waals surface area contributed by atoms with E-state index in [1.165, 1.54) is 6.07 Å². The molecule has 1 aliphatic carbocycles. The molecule has 1 saturated carbocycles. The van der Waals surface area contributed by atoms with Gasteiger partial charge in [-0.3, -0.25) is 0 Å². The highest BCUT2D eigenvalue weighted by Crippen LogP contribution is 2.57. The molecule has 2 atom stereocenters. The fraction of sp³-hybridized carbons (Fsp3) is 0.333. The van der Waals surface area contributed by atoms with Gasteiger partial charge >= 0.3 is 0 Å². The molecule has 0 amide bonds. The van der Waals surface area contributed by atoms with E-state index in [4.69, 9.17) is 21.1 Å². The molecule has 0 spiro atoms. The van der Waals surface area contributed by atoms with E-state index in [9.17, 15) is 4.39 Å². The Morgan fingerprint density at radius 3 is 2.48 bits per heavy atom. The van der Waals surface area contributed by atoms with Crippen LogP contribution >= 0.6 is 11.6 Å². The van der Waals surface area contributed by atoms with Crippen LogP contribution in [-0.2, 0) is 4.74 Å². The standard InChI is InChI=1S/C21H20ClFN4O2/c1-28-6-3-7-29-19-10-18(23)17(22)9-16(19)15-8-14(15)13-11-26-21(27-12-13)20-24-4-2-5-25-20/h2,4-5,9-12,14-15H,3,6-8H2,1H3/t14-,15+/m0/s1. The summed E-state index contributed by atoms with van der Waals surface area (Å²) in [6.45, 7) is 1.04. The summed E-state index contributed by atoms with van der Waals surface area (Å²) in [4.78, 5) is 17.1. The second-order valence-corrected chi connectivity index (χ2v) is 7.27. The van der Waals surface area contributed by atoms with Crippen molar-refractivity contribution in [2.75, 3.05) is 20.3 Å². The number of aromatic nitrogens is 4. The summed E-state index contributed by atoms with van der Waals surface area (Å²) in [5, 5.41) is 0.0997. The van der Waals surface area contributed by atoms with Crippen LogP contribution in [-0.4, -0.2) is 40.3 Å². The van der Waals surface area contributed by atoms with Gasteiger partial charge in [0, 0.05) is 51.0 Å². The van der Waals surface area contributed by atoms with Gasteiger partial charge in [-0.05, 0) is 41.5 Å². The van der Waals surface area contributed by atoms with Gasteiger partial charge in [0.05, 0.1) is 11.6 Å². The van der Waals surface area contributed by atoms with Gasteiger partial charge in [0.1, 0.15) is 11.6 Å². The Hall–Kier alpha value is -2.64. The molecule has 4 rings (SSSR count). The SMILES string of the molecule is COCCCOc1cc(F)c(Cl)cc1[C@@H]1C[C@H]1c1cnc(-c2ncccn2)nc1. The molecule has 2 heterocycles. The molecule has 3 aromatic rings. The van der Waals surface area contributed by atoms with E-state index in [2.05, 4.69) is 19.9 Å². The Bertz CT molecular complexity index is 972. The number of hydrogen-bond acceptors (Lipinski definition) is 6. The van der Waals surface area contributed by atoms with Crippen molar-refractivity contribution in [2.24, 2.45) is 0 Å². The van der Waals surface area contributed by atoms with Crippen molar-refractivity contribution in [1.82, 2.24) is 19.9 Å².